The van der Waals surface area contributed by atoms with Crippen LogP contribution in [-0.4, -0.2) is 4.98 Å². The second-order valence-corrected chi connectivity index (χ2v) is 6.01. The third-order valence-corrected chi connectivity index (χ3v) is 4.27. The average Bonchev–Trinajstić information content (AvgIpc) is 2.81. The molecule has 122 valence electrons. The van der Waals surface area contributed by atoms with Crippen molar-refractivity contribution in [1.82, 2.24) is 4.98 Å². The first-order chi connectivity index (χ1) is 10.7. The van der Waals surface area contributed by atoms with Gasteiger partial charge in [-0.3, -0.25) is 0 Å². The largest absolute Gasteiger partial charge is 0.432 e. The molecule has 0 spiro atoms. The Kier molecular flexibility index (Phi) is 5.40. The average molecular weight is 408 g/mol. The van der Waals surface area contributed by atoms with Crippen molar-refractivity contribution in [2.45, 2.75) is 25.8 Å². The number of nitrogens with zero attached hydrogens (tertiary/aromatic N) is 1. The molecule has 1 atom stereocenters. The van der Waals surface area contributed by atoms with Gasteiger partial charge in [-0.25, -0.2) is 0 Å². The second kappa shape index (κ2) is 6.95. The Labute approximate surface area is 144 Å². The van der Waals surface area contributed by atoms with Gasteiger partial charge in [0, 0.05) is 5.02 Å². The fourth-order valence-corrected chi connectivity index (χ4v) is 2.76. The van der Waals surface area contributed by atoms with E-state index >= 15 is 0 Å². The van der Waals surface area contributed by atoms with E-state index < -0.39 is 11.9 Å². The van der Waals surface area contributed by atoms with Crippen LogP contribution in [0.4, 0.5) is 13.2 Å². The summed E-state index contributed by atoms with van der Waals surface area (Å²) in [5, 5.41) is 9.63. The molecule has 0 saturated carbocycles. The second-order valence-electron chi connectivity index (χ2n) is 4.78. The number of ether oxygens (including phenoxy) is 1. The van der Waals surface area contributed by atoms with Gasteiger partial charge in [-0.1, -0.05) is 23.7 Å². The standard InChI is InChI=1S/C15H11BrClF3N2O/c1-8(9-2-4-10(17)5-3-9)23-7-12-11(6-21)13(16)14(22-12)15(18,19)20/h2-5,8,22H,7H2,1H3. The Morgan fingerprint density at radius 1 is 1.35 bits per heavy atom. The molecule has 0 saturated heterocycles. The third kappa shape index (κ3) is 4.08. The molecule has 0 amide bonds. The van der Waals surface area contributed by atoms with Crippen LogP contribution in [-0.2, 0) is 17.5 Å². The quantitative estimate of drug-likeness (QED) is 0.717. The maximum Gasteiger partial charge on any atom is 0.432 e. The predicted molar refractivity (Wildman–Crippen MR) is 82.9 cm³/mol. The van der Waals surface area contributed by atoms with Crippen molar-refractivity contribution >= 4 is 27.5 Å². The first kappa shape index (κ1) is 17.9. The molecular formula is C15H11BrClF3N2O. The highest BCUT2D eigenvalue weighted by Crippen LogP contribution is 2.37. The van der Waals surface area contributed by atoms with E-state index in [1.165, 1.54) is 0 Å². The summed E-state index contributed by atoms with van der Waals surface area (Å²) in [5.74, 6) is 0. The van der Waals surface area contributed by atoms with E-state index in [9.17, 15) is 13.2 Å². The molecule has 1 N–H and O–H groups in total. The van der Waals surface area contributed by atoms with Gasteiger partial charge in [-0.2, -0.15) is 18.4 Å². The van der Waals surface area contributed by atoms with Crippen molar-refractivity contribution in [2.24, 2.45) is 0 Å². The number of aromatic nitrogens is 1. The number of alkyl halides is 3. The van der Waals surface area contributed by atoms with Crippen LogP contribution < -0.4 is 0 Å². The molecule has 0 aliphatic rings. The number of nitrogens with one attached hydrogen (secondary N) is 1. The highest BCUT2D eigenvalue weighted by atomic mass is 79.9. The van der Waals surface area contributed by atoms with Gasteiger partial charge in [0.2, 0.25) is 0 Å². The molecular weight excluding hydrogens is 397 g/mol. The van der Waals surface area contributed by atoms with Crippen molar-refractivity contribution in [3.8, 4) is 6.07 Å². The number of hydrogen-bond donors (Lipinski definition) is 1. The summed E-state index contributed by atoms with van der Waals surface area (Å²) in [6, 6.07) is 8.69. The van der Waals surface area contributed by atoms with Crippen LogP contribution >= 0.6 is 27.5 Å². The van der Waals surface area contributed by atoms with Gasteiger partial charge < -0.3 is 9.72 Å². The van der Waals surface area contributed by atoms with E-state index in [1.54, 1.807) is 37.3 Å². The minimum absolute atomic E-state index is 0.0764. The van der Waals surface area contributed by atoms with Crippen LogP contribution in [0.2, 0.25) is 5.02 Å². The van der Waals surface area contributed by atoms with Gasteiger partial charge in [-0.15, -0.1) is 0 Å². The van der Waals surface area contributed by atoms with E-state index in [0.29, 0.717) is 5.02 Å². The zero-order valence-corrected chi connectivity index (χ0v) is 14.2. The molecule has 1 unspecified atom stereocenters. The smallest absolute Gasteiger partial charge is 0.368 e. The zero-order valence-electron chi connectivity index (χ0n) is 11.8. The number of rotatable bonds is 4. The van der Waals surface area contributed by atoms with E-state index in [2.05, 4.69) is 20.9 Å². The lowest BCUT2D eigenvalue weighted by atomic mass is 10.1. The first-order valence-electron chi connectivity index (χ1n) is 6.48. The Morgan fingerprint density at radius 2 is 1.96 bits per heavy atom. The normalized spacial score (nSPS) is 12.9. The molecule has 1 aromatic carbocycles. The molecule has 0 bridgehead atoms. The van der Waals surface area contributed by atoms with Crippen molar-refractivity contribution < 1.29 is 17.9 Å². The lowest BCUT2D eigenvalue weighted by molar-refractivity contribution is -0.141. The van der Waals surface area contributed by atoms with Crippen LogP contribution in [0.25, 0.3) is 0 Å². The van der Waals surface area contributed by atoms with E-state index in [4.69, 9.17) is 21.6 Å². The van der Waals surface area contributed by atoms with Crippen molar-refractivity contribution in [3.05, 3.63) is 56.3 Å². The van der Waals surface area contributed by atoms with Crippen molar-refractivity contribution in [3.63, 3.8) is 0 Å². The minimum Gasteiger partial charge on any atom is -0.368 e. The zero-order chi connectivity index (χ0) is 17.2. The Morgan fingerprint density at radius 3 is 2.48 bits per heavy atom. The van der Waals surface area contributed by atoms with E-state index in [-0.39, 0.29) is 28.4 Å². The van der Waals surface area contributed by atoms with E-state index in [0.717, 1.165) is 5.56 Å². The molecule has 8 heteroatoms. The highest BCUT2D eigenvalue weighted by Gasteiger charge is 2.37. The summed E-state index contributed by atoms with van der Waals surface area (Å²) >= 11 is 8.61. The summed E-state index contributed by atoms with van der Waals surface area (Å²) < 4.78 is 43.8. The van der Waals surface area contributed by atoms with E-state index in [1.807, 2.05) is 0 Å². The number of benzene rings is 1. The molecule has 3 nitrogen and oxygen atoms in total. The lowest BCUT2D eigenvalue weighted by Gasteiger charge is -2.13. The molecule has 23 heavy (non-hydrogen) atoms. The monoisotopic (exact) mass is 406 g/mol. The number of nitriles is 1. The molecule has 0 radical (unpaired) electrons. The van der Waals surface area contributed by atoms with Crippen LogP contribution in [0, 0.1) is 11.3 Å². The fourth-order valence-electron chi connectivity index (χ4n) is 1.98. The molecule has 1 heterocycles. The number of hydrogen-bond acceptors (Lipinski definition) is 2. The predicted octanol–water partition coefficient (Wildman–Crippen LogP) is 5.60. The van der Waals surface area contributed by atoms with Gasteiger partial charge in [0.05, 0.1) is 28.4 Å². The first-order valence-corrected chi connectivity index (χ1v) is 7.65. The Bertz CT molecular complexity index is 735. The molecule has 1 aromatic heterocycles. The van der Waals surface area contributed by atoms with Crippen LogP contribution in [0.15, 0.2) is 28.7 Å². The Hall–Kier alpha value is -1.49. The molecule has 2 rings (SSSR count). The van der Waals surface area contributed by atoms with Crippen LogP contribution in [0.5, 0.6) is 0 Å². The van der Waals surface area contributed by atoms with Gasteiger partial charge in [0.1, 0.15) is 11.8 Å². The lowest BCUT2D eigenvalue weighted by Crippen LogP contribution is -2.07. The molecule has 2 aromatic rings. The summed E-state index contributed by atoms with van der Waals surface area (Å²) in [6.07, 6.45) is -4.94. The maximum absolute atomic E-state index is 12.9. The van der Waals surface area contributed by atoms with Crippen LogP contribution in [0.3, 0.4) is 0 Å². The number of H-pyrrole nitrogens is 1. The van der Waals surface area contributed by atoms with Gasteiger partial charge in [0.15, 0.2) is 0 Å². The molecule has 0 aliphatic heterocycles. The molecule has 0 fully saturated rings. The third-order valence-electron chi connectivity index (χ3n) is 3.23. The topological polar surface area (TPSA) is 48.8 Å². The minimum atomic E-state index is -4.58. The van der Waals surface area contributed by atoms with Crippen molar-refractivity contribution in [1.29, 1.82) is 5.26 Å². The van der Waals surface area contributed by atoms with Gasteiger partial charge >= 0.3 is 6.18 Å². The summed E-state index contributed by atoms with van der Waals surface area (Å²) in [5.41, 5.74) is -0.200. The fraction of sp³-hybridized carbons (Fsp3) is 0.267. The highest BCUT2D eigenvalue weighted by molar-refractivity contribution is 9.10. The molecule has 0 aliphatic carbocycles. The summed E-state index contributed by atoms with van der Waals surface area (Å²) in [7, 11) is 0. The van der Waals surface area contributed by atoms with Gasteiger partial charge in [-0.05, 0) is 40.5 Å². The Balaban J connectivity index is 2.17. The summed E-state index contributed by atoms with van der Waals surface area (Å²) in [6.45, 7) is 1.61. The number of aromatic amines is 1. The van der Waals surface area contributed by atoms with Gasteiger partial charge in [0.25, 0.3) is 0 Å². The maximum atomic E-state index is 12.9. The van der Waals surface area contributed by atoms with Crippen LogP contribution in [0.1, 0.15) is 35.5 Å². The van der Waals surface area contributed by atoms with Crippen molar-refractivity contribution in [2.75, 3.05) is 0 Å². The summed E-state index contributed by atoms with van der Waals surface area (Å²) in [4.78, 5) is 2.22. The SMILES string of the molecule is CC(OCc1[nH]c(C(F)(F)F)c(Br)c1C#N)c1ccc(Cl)cc1. The number of halogens is 5.